The van der Waals surface area contributed by atoms with E-state index < -0.39 is 6.10 Å². The van der Waals surface area contributed by atoms with E-state index in [9.17, 15) is 9.90 Å². The normalized spacial score (nSPS) is 13.9. The molecule has 0 spiro atoms. The van der Waals surface area contributed by atoms with Gasteiger partial charge in [-0.05, 0) is 37.3 Å². The summed E-state index contributed by atoms with van der Waals surface area (Å²) in [6, 6.07) is 11.9. The van der Waals surface area contributed by atoms with Crippen LogP contribution < -0.4 is 5.32 Å². The van der Waals surface area contributed by atoms with Crippen LogP contribution in [0.3, 0.4) is 0 Å². The van der Waals surface area contributed by atoms with E-state index in [1.54, 1.807) is 0 Å². The van der Waals surface area contributed by atoms with Gasteiger partial charge in [0.15, 0.2) is 0 Å². The molecule has 1 aromatic carbocycles. The van der Waals surface area contributed by atoms with Gasteiger partial charge in [0.1, 0.15) is 0 Å². The Balaban J connectivity index is 1.74. The summed E-state index contributed by atoms with van der Waals surface area (Å²) in [7, 11) is 0. The number of carbonyl (C=O) groups is 1. The Morgan fingerprint density at radius 1 is 1.30 bits per heavy atom. The first-order valence-corrected chi connectivity index (χ1v) is 8.66. The van der Waals surface area contributed by atoms with Crippen molar-refractivity contribution in [3.8, 4) is 0 Å². The zero-order valence-corrected chi connectivity index (χ0v) is 14.3. The third-order valence-electron chi connectivity index (χ3n) is 3.55. The average molecular weight is 329 g/mol. The molecule has 3 nitrogen and oxygen atoms in total. The largest absolute Gasteiger partial charge is 0.387 e. The smallest absolute Gasteiger partial charge is 0.224 e. The second-order valence-corrected chi connectivity index (χ2v) is 6.73. The Labute approximate surface area is 141 Å². The summed E-state index contributed by atoms with van der Waals surface area (Å²) < 4.78 is 0. The molecule has 0 saturated heterocycles. The number of hydrogen-bond donors (Lipinski definition) is 2. The molecule has 0 aliphatic heterocycles. The predicted molar refractivity (Wildman–Crippen MR) is 96.3 cm³/mol. The number of benzene rings is 1. The van der Waals surface area contributed by atoms with E-state index >= 15 is 0 Å². The highest BCUT2D eigenvalue weighted by atomic mass is 32.1. The number of thiophene rings is 1. The second kappa shape index (κ2) is 8.65. The van der Waals surface area contributed by atoms with Crippen molar-refractivity contribution in [3.63, 3.8) is 0 Å². The van der Waals surface area contributed by atoms with Crippen molar-refractivity contribution in [2.75, 3.05) is 0 Å². The number of aliphatic hydroxyl groups excluding tert-OH is 1. The first kappa shape index (κ1) is 17.4. The van der Waals surface area contributed by atoms with Gasteiger partial charge in [0.25, 0.3) is 0 Å². The molecule has 2 unspecified atom stereocenters. The summed E-state index contributed by atoms with van der Waals surface area (Å²) in [6.45, 7) is 3.96. The minimum Gasteiger partial charge on any atom is -0.387 e. The van der Waals surface area contributed by atoms with E-state index in [1.165, 1.54) is 16.9 Å². The molecule has 0 fully saturated rings. The summed E-state index contributed by atoms with van der Waals surface area (Å²) in [4.78, 5) is 12.9. The number of carbonyl (C=O) groups excluding carboxylic acids is 1. The van der Waals surface area contributed by atoms with E-state index in [0.717, 1.165) is 10.4 Å². The van der Waals surface area contributed by atoms with Gasteiger partial charge in [0.05, 0.1) is 6.10 Å². The van der Waals surface area contributed by atoms with Crippen molar-refractivity contribution in [2.45, 2.75) is 38.8 Å². The molecule has 1 heterocycles. The first-order chi connectivity index (χ1) is 11.0. The molecule has 0 bridgehead atoms. The van der Waals surface area contributed by atoms with E-state index in [2.05, 4.69) is 5.32 Å². The fourth-order valence-electron chi connectivity index (χ4n) is 2.30. The Bertz CT molecular complexity index is 632. The molecule has 4 heteroatoms. The minimum atomic E-state index is -0.520. The van der Waals surface area contributed by atoms with E-state index in [4.69, 9.17) is 0 Å². The summed E-state index contributed by atoms with van der Waals surface area (Å²) in [6.07, 6.45) is 4.15. The zero-order valence-electron chi connectivity index (χ0n) is 13.5. The first-order valence-electron chi connectivity index (χ1n) is 7.78. The highest BCUT2D eigenvalue weighted by Gasteiger charge is 2.14. The van der Waals surface area contributed by atoms with Gasteiger partial charge < -0.3 is 10.4 Å². The van der Waals surface area contributed by atoms with Crippen LogP contribution >= 0.6 is 11.3 Å². The Morgan fingerprint density at radius 3 is 2.70 bits per heavy atom. The van der Waals surface area contributed by atoms with Crippen LogP contribution in [0, 0.1) is 6.92 Å². The molecular formula is C19H23NO2S. The molecule has 122 valence electrons. The Kier molecular flexibility index (Phi) is 6.56. The van der Waals surface area contributed by atoms with Gasteiger partial charge in [0, 0.05) is 17.3 Å². The molecule has 2 rings (SSSR count). The van der Waals surface area contributed by atoms with Crippen molar-refractivity contribution < 1.29 is 9.90 Å². The molecule has 0 aliphatic rings. The molecule has 2 N–H and O–H groups in total. The number of aliphatic hydroxyl groups is 1. The van der Waals surface area contributed by atoms with Crippen molar-refractivity contribution in [1.29, 1.82) is 0 Å². The van der Waals surface area contributed by atoms with Crippen LogP contribution in [-0.4, -0.2) is 17.1 Å². The lowest BCUT2D eigenvalue weighted by Crippen LogP contribution is -2.33. The fraction of sp³-hybridized carbons (Fsp3) is 0.316. The zero-order chi connectivity index (χ0) is 16.7. The van der Waals surface area contributed by atoms with Crippen molar-refractivity contribution in [2.24, 2.45) is 0 Å². The standard InChI is InChI=1S/C19H23NO2S/c1-14-8-10-16(11-9-14)5-3-7-19(22)20-15(2)13-17(21)18-6-4-12-23-18/h3-6,8-12,15,17,21H,7,13H2,1-2H3,(H,20,22)/b5-3+. The van der Waals surface area contributed by atoms with Crippen LogP contribution in [0.25, 0.3) is 6.08 Å². The van der Waals surface area contributed by atoms with Crippen molar-refractivity contribution >= 4 is 23.3 Å². The molecule has 2 atom stereocenters. The van der Waals surface area contributed by atoms with E-state index in [0.29, 0.717) is 12.8 Å². The van der Waals surface area contributed by atoms with Crippen molar-refractivity contribution in [1.82, 2.24) is 5.32 Å². The Hall–Kier alpha value is -1.91. The van der Waals surface area contributed by atoms with Crippen LogP contribution in [0.15, 0.2) is 47.9 Å². The lowest BCUT2D eigenvalue weighted by atomic mass is 10.1. The minimum absolute atomic E-state index is 0.0285. The number of nitrogens with one attached hydrogen (secondary N) is 1. The summed E-state index contributed by atoms with van der Waals surface area (Å²) >= 11 is 1.53. The van der Waals surface area contributed by atoms with Crippen LogP contribution in [0.2, 0.25) is 0 Å². The number of hydrogen-bond acceptors (Lipinski definition) is 3. The Morgan fingerprint density at radius 2 is 2.04 bits per heavy atom. The molecule has 0 saturated carbocycles. The van der Waals surface area contributed by atoms with E-state index in [1.807, 2.05) is 67.8 Å². The highest BCUT2D eigenvalue weighted by molar-refractivity contribution is 7.10. The van der Waals surface area contributed by atoms with E-state index in [-0.39, 0.29) is 11.9 Å². The monoisotopic (exact) mass is 329 g/mol. The molecule has 23 heavy (non-hydrogen) atoms. The molecule has 0 aliphatic carbocycles. The summed E-state index contributed by atoms with van der Waals surface area (Å²) in [5.41, 5.74) is 2.31. The van der Waals surface area contributed by atoms with Gasteiger partial charge in [-0.3, -0.25) is 4.79 Å². The molecular weight excluding hydrogens is 306 g/mol. The lowest BCUT2D eigenvalue weighted by Gasteiger charge is -2.16. The van der Waals surface area contributed by atoms with Crippen molar-refractivity contribution in [3.05, 3.63) is 63.9 Å². The topological polar surface area (TPSA) is 49.3 Å². The maximum Gasteiger partial charge on any atom is 0.224 e. The number of aryl methyl sites for hydroxylation is 1. The average Bonchev–Trinajstić information content (AvgIpc) is 3.03. The lowest BCUT2D eigenvalue weighted by molar-refractivity contribution is -0.121. The van der Waals surface area contributed by atoms with Gasteiger partial charge in [-0.1, -0.05) is 48.0 Å². The third-order valence-corrected chi connectivity index (χ3v) is 4.52. The van der Waals surface area contributed by atoms with Gasteiger partial charge in [-0.2, -0.15) is 0 Å². The summed E-state index contributed by atoms with van der Waals surface area (Å²) in [5, 5.41) is 14.9. The molecule has 0 radical (unpaired) electrons. The van der Waals surface area contributed by atoms with Crippen LogP contribution in [-0.2, 0) is 4.79 Å². The van der Waals surface area contributed by atoms with Gasteiger partial charge in [0.2, 0.25) is 5.91 Å². The third kappa shape index (κ3) is 6.00. The SMILES string of the molecule is Cc1ccc(/C=C/CC(=O)NC(C)CC(O)c2cccs2)cc1. The summed E-state index contributed by atoms with van der Waals surface area (Å²) in [5.74, 6) is -0.0285. The second-order valence-electron chi connectivity index (χ2n) is 5.75. The number of amides is 1. The van der Waals surface area contributed by atoms with Crippen LogP contribution in [0.1, 0.15) is 41.9 Å². The predicted octanol–water partition coefficient (Wildman–Crippen LogP) is 4.09. The van der Waals surface area contributed by atoms with Gasteiger partial charge in [-0.25, -0.2) is 0 Å². The van der Waals surface area contributed by atoms with Crippen LogP contribution in [0.4, 0.5) is 0 Å². The van der Waals surface area contributed by atoms with Gasteiger partial charge >= 0.3 is 0 Å². The highest BCUT2D eigenvalue weighted by Crippen LogP contribution is 2.22. The molecule has 2 aromatic rings. The maximum atomic E-state index is 11.9. The van der Waals surface area contributed by atoms with Gasteiger partial charge in [-0.15, -0.1) is 11.3 Å². The molecule has 1 amide bonds. The number of rotatable bonds is 7. The van der Waals surface area contributed by atoms with Crippen LogP contribution in [0.5, 0.6) is 0 Å². The quantitative estimate of drug-likeness (QED) is 0.804. The fourth-order valence-corrected chi connectivity index (χ4v) is 3.03. The molecule has 1 aromatic heterocycles. The maximum absolute atomic E-state index is 11.9.